The molecule has 0 fully saturated rings. The smallest absolute Gasteiger partial charge is 0.131 e. The molecule has 15 heavy (non-hydrogen) atoms. The summed E-state index contributed by atoms with van der Waals surface area (Å²) in [5.74, 6) is 1.98. The molecule has 1 unspecified atom stereocenters. The molecule has 7 heteroatoms. The molecule has 0 spiro atoms. The number of methoxy groups -OCH3 is 1. The van der Waals surface area contributed by atoms with E-state index >= 15 is 0 Å². The van der Waals surface area contributed by atoms with Crippen LogP contribution >= 0.6 is 29.2 Å². The molecule has 0 saturated heterocycles. The molecular weight excluding hydrogens is 255 g/mol. The average Bonchev–Trinajstić information content (AvgIpc) is 2.14. The van der Waals surface area contributed by atoms with E-state index in [4.69, 9.17) is 4.74 Å². The first-order valence-electron chi connectivity index (χ1n) is 4.72. The molecule has 92 valence electrons. The van der Waals surface area contributed by atoms with Gasteiger partial charge in [-0.05, 0) is 12.8 Å². The van der Waals surface area contributed by atoms with Crippen LogP contribution < -0.4 is 4.89 Å². The molecule has 0 saturated carbocycles. The quantitative estimate of drug-likeness (QED) is 0.345. The third-order valence-corrected chi connectivity index (χ3v) is 4.59. The van der Waals surface area contributed by atoms with Crippen molar-refractivity contribution in [2.45, 2.75) is 12.8 Å². The molecule has 0 heterocycles. The summed E-state index contributed by atoms with van der Waals surface area (Å²) in [7, 11) is 1.71. The Labute approximate surface area is 99.4 Å². The Balaban J connectivity index is 3.02. The molecule has 0 aromatic rings. The van der Waals surface area contributed by atoms with E-state index in [1.54, 1.807) is 28.7 Å². The summed E-state index contributed by atoms with van der Waals surface area (Å²) in [6, 6.07) is 0. The van der Waals surface area contributed by atoms with Crippen molar-refractivity contribution in [2.24, 2.45) is 0 Å². The highest BCUT2D eigenvalue weighted by Gasteiger charge is 1.98. The van der Waals surface area contributed by atoms with Crippen molar-refractivity contribution in [3.8, 4) is 0 Å². The van der Waals surface area contributed by atoms with Gasteiger partial charge in [-0.3, -0.25) is 0 Å². The average molecular weight is 273 g/mol. The predicted molar refractivity (Wildman–Crippen MR) is 65.5 cm³/mol. The van der Waals surface area contributed by atoms with Crippen LogP contribution in [0.3, 0.4) is 0 Å². The van der Waals surface area contributed by atoms with Gasteiger partial charge in [0.25, 0.3) is 0 Å². The van der Waals surface area contributed by atoms with Crippen LogP contribution in [-0.4, -0.2) is 38.5 Å². The fourth-order valence-corrected chi connectivity index (χ4v) is 3.31. The van der Waals surface area contributed by atoms with Gasteiger partial charge in [0, 0.05) is 31.9 Å². The SMILES string of the molecule is COCCCSSCCCOP(C)(=O)[O-]. The van der Waals surface area contributed by atoms with Gasteiger partial charge in [0.1, 0.15) is 7.60 Å². The van der Waals surface area contributed by atoms with Gasteiger partial charge < -0.3 is 18.7 Å². The normalized spacial score (nSPS) is 15.1. The second kappa shape index (κ2) is 10.00. The summed E-state index contributed by atoms with van der Waals surface area (Å²) in [6.45, 7) is 2.19. The molecule has 0 aromatic carbocycles. The zero-order chi connectivity index (χ0) is 11.6. The van der Waals surface area contributed by atoms with Crippen LogP contribution in [-0.2, 0) is 13.8 Å². The fourth-order valence-electron chi connectivity index (χ4n) is 0.728. The Morgan fingerprint density at radius 2 is 1.73 bits per heavy atom. The summed E-state index contributed by atoms with van der Waals surface area (Å²) < 4.78 is 20.2. The molecule has 0 aliphatic heterocycles. The Bertz CT molecular complexity index is 185. The maximum atomic E-state index is 10.6. The minimum absolute atomic E-state index is 0.295. The third-order valence-electron chi connectivity index (χ3n) is 1.36. The van der Waals surface area contributed by atoms with Gasteiger partial charge in [0.2, 0.25) is 0 Å². The minimum Gasteiger partial charge on any atom is -0.779 e. The molecule has 4 nitrogen and oxygen atoms in total. The van der Waals surface area contributed by atoms with Gasteiger partial charge in [-0.1, -0.05) is 21.6 Å². The van der Waals surface area contributed by atoms with Gasteiger partial charge in [0.15, 0.2) is 0 Å². The van der Waals surface area contributed by atoms with E-state index in [1.165, 1.54) is 0 Å². The number of rotatable bonds is 10. The zero-order valence-corrected chi connectivity index (χ0v) is 11.7. The van der Waals surface area contributed by atoms with Crippen molar-refractivity contribution in [3.63, 3.8) is 0 Å². The number of hydrogen-bond donors (Lipinski definition) is 0. The maximum Gasteiger partial charge on any atom is 0.131 e. The lowest BCUT2D eigenvalue weighted by atomic mass is 10.5. The van der Waals surface area contributed by atoms with Crippen molar-refractivity contribution < 1.29 is 18.7 Å². The molecule has 1 atom stereocenters. The molecule has 0 radical (unpaired) electrons. The van der Waals surface area contributed by atoms with E-state index < -0.39 is 7.60 Å². The van der Waals surface area contributed by atoms with Gasteiger partial charge in [-0.25, -0.2) is 0 Å². The van der Waals surface area contributed by atoms with Crippen molar-refractivity contribution in [2.75, 3.05) is 38.5 Å². The minimum atomic E-state index is -3.52. The van der Waals surface area contributed by atoms with Crippen molar-refractivity contribution >= 4 is 29.2 Å². The highest BCUT2D eigenvalue weighted by Crippen LogP contribution is 2.31. The molecule has 0 aliphatic carbocycles. The largest absolute Gasteiger partial charge is 0.779 e. The van der Waals surface area contributed by atoms with Crippen molar-refractivity contribution in [1.29, 1.82) is 0 Å². The van der Waals surface area contributed by atoms with E-state index in [2.05, 4.69) is 4.52 Å². The molecule has 0 rings (SSSR count). The monoisotopic (exact) mass is 273 g/mol. The second-order valence-corrected chi connectivity index (χ2v) is 7.45. The second-order valence-electron chi connectivity index (χ2n) is 2.95. The highest BCUT2D eigenvalue weighted by molar-refractivity contribution is 8.76. The fraction of sp³-hybridized carbons (Fsp3) is 1.00. The Morgan fingerprint density at radius 1 is 1.20 bits per heavy atom. The van der Waals surface area contributed by atoms with Gasteiger partial charge in [-0.15, -0.1) is 0 Å². The van der Waals surface area contributed by atoms with Crippen molar-refractivity contribution in [3.05, 3.63) is 0 Å². The van der Waals surface area contributed by atoms with Crippen LogP contribution in [0.4, 0.5) is 0 Å². The lowest BCUT2D eigenvalue weighted by Crippen LogP contribution is -2.04. The van der Waals surface area contributed by atoms with Crippen LogP contribution in [0.2, 0.25) is 0 Å². The standard InChI is InChI=1S/C8H19O4PS2/c1-11-5-3-7-14-15-8-4-6-12-13(2,9)10/h3-8H2,1-2H3,(H,9,10)/p-1. The van der Waals surface area contributed by atoms with Gasteiger partial charge in [-0.2, -0.15) is 0 Å². The zero-order valence-electron chi connectivity index (χ0n) is 9.14. The Hall–Kier alpha value is 0.810. The summed E-state index contributed by atoms with van der Waals surface area (Å²) in [5, 5.41) is 0. The van der Waals surface area contributed by atoms with Crippen LogP contribution in [0.1, 0.15) is 12.8 Å². The molecule has 0 aliphatic rings. The topological polar surface area (TPSA) is 58.6 Å². The predicted octanol–water partition coefficient (Wildman–Crippen LogP) is 1.99. The first-order chi connectivity index (χ1) is 7.06. The summed E-state index contributed by atoms with van der Waals surface area (Å²) >= 11 is 0. The van der Waals surface area contributed by atoms with E-state index in [-0.39, 0.29) is 0 Å². The van der Waals surface area contributed by atoms with Crippen LogP contribution in [0.15, 0.2) is 0 Å². The van der Waals surface area contributed by atoms with E-state index in [9.17, 15) is 9.46 Å². The number of hydrogen-bond acceptors (Lipinski definition) is 6. The number of ether oxygens (including phenoxy) is 1. The van der Waals surface area contributed by atoms with Gasteiger partial charge in [0.05, 0.1) is 6.61 Å². The van der Waals surface area contributed by atoms with E-state index in [1.807, 2.05) is 0 Å². The summed E-state index contributed by atoms with van der Waals surface area (Å²) in [5.41, 5.74) is 0. The molecule has 0 N–H and O–H groups in total. The van der Waals surface area contributed by atoms with Crippen LogP contribution in [0.25, 0.3) is 0 Å². The lowest BCUT2D eigenvalue weighted by molar-refractivity contribution is -0.196. The van der Waals surface area contributed by atoms with Crippen molar-refractivity contribution in [1.82, 2.24) is 0 Å². The summed E-state index contributed by atoms with van der Waals surface area (Å²) in [4.78, 5) is 10.6. The molecule has 0 amide bonds. The Morgan fingerprint density at radius 3 is 2.20 bits per heavy atom. The van der Waals surface area contributed by atoms with E-state index in [0.29, 0.717) is 6.61 Å². The van der Waals surface area contributed by atoms with Crippen LogP contribution in [0.5, 0.6) is 0 Å². The Kier molecular flexibility index (Phi) is 10.5. The first kappa shape index (κ1) is 15.8. The van der Waals surface area contributed by atoms with E-state index in [0.717, 1.165) is 37.6 Å². The molecule has 0 aromatic heterocycles. The van der Waals surface area contributed by atoms with Crippen LogP contribution in [0, 0.1) is 0 Å². The maximum absolute atomic E-state index is 10.6. The first-order valence-corrected chi connectivity index (χ1v) is 9.20. The van der Waals surface area contributed by atoms with Gasteiger partial charge >= 0.3 is 0 Å². The lowest BCUT2D eigenvalue weighted by Gasteiger charge is -2.17. The molecular formula is C8H18O4PS2-. The highest BCUT2D eigenvalue weighted by atomic mass is 33.1. The summed E-state index contributed by atoms with van der Waals surface area (Å²) in [6.07, 6.45) is 1.82. The molecule has 0 bridgehead atoms. The third kappa shape index (κ3) is 14.8.